The maximum Gasteiger partial charge on any atom is 0.241 e. The maximum atomic E-state index is 12.2. The predicted octanol–water partition coefficient (Wildman–Crippen LogP) is 2.55. The number of ketones is 1. The first-order valence-corrected chi connectivity index (χ1v) is 6.58. The summed E-state index contributed by atoms with van der Waals surface area (Å²) in [5, 5.41) is 0. The monoisotopic (exact) mass is 257 g/mol. The third-order valence-corrected chi connectivity index (χ3v) is 3.32. The normalized spacial score (nSPS) is 13.9. The lowest BCUT2D eigenvalue weighted by molar-refractivity contribution is 0.105. The molecule has 0 unspecified atom stereocenters. The standard InChI is InChI=1S/C16H19NO2/c1-12-10-13(2)16(15(11-12)19-3)14(18)6-9-17-7-4-5-8-17/h10-11H,4-5,7-8H2,1-3H3. The molecule has 1 fully saturated rings. The Labute approximate surface area is 114 Å². The fraction of sp³-hybridized carbons (Fsp3) is 0.438. The number of hydrogen-bond acceptors (Lipinski definition) is 3. The Balaban J connectivity index is 2.27. The molecular weight excluding hydrogens is 238 g/mol. The highest BCUT2D eigenvalue weighted by Gasteiger charge is 2.15. The smallest absolute Gasteiger partial charge is 0.241 e. The largest absolute Gasteiger partial charge is 0.496 e. The first-order chi connectivity index (χ1) is 9.11. The Morgan fingerprint density at radius 1 is 1.26 bits per heavy atom. The van der Waals surface area contributed by atoms with E-state index in [1.54, 1.807) is 7.11 Å². The van der Waals surface area contributed by atoms with Crippen molar-refractivity contribution in [1.29, 1.82) is 0 Å². The van der Waals surface area contributed by atoms with Crippen molar-refractivity contribution in [2.75, 3.05) is 20.2 Å². The zero-order valence-corrected chi connectivity index (χ0v) is 11.7. The summed E-state index contributed by atoms with van der Waals surface area (Å²) in [5.41, 5.74) is 2.58. The molecule has 2 rings (SSSR count). The van der Waals surface area contributed by atoms with Gasteiger partial charge in [0.05, 0.1) is 12.7 Å². The molecule has 0 spiro atoms. The van der Waals surface area contributed by atoms with Gasteiger partial charge in [-0.3, -0.25) is 4.79 Å². The highest BCUT2D eigenvalue weighted by atomic mass is 16.5. The Bertz CT molecular complexity index is 546. The van der Waals surface area contributed by atoms with Crippen molar-refractivity contribution >= 4 is 5.78 Å². The van der Waals surface area contributed by atoms with Crippen LogP contribution in [0.15, 0.2) is 12.1 Å². The fourth-order valence-corrected chi connectivity index (χ4v) is 2.40. The molecular formula is C16H19NO2. The third kappa shape index (κ3) is 3.08. The van der Waals surface area contributed by atoms with Gasteiger partial charge in [0, 0.05) is 25.1 Å². The van der Waals surface area contributed by atoms with Crippen LogP contribution in [0.2, 0.25) is 0 Å². The van der Waals surface area contributed by atoms with Crippen molar-refractivity contribution in [3.8, 4) is 17.7 Å². The molecule has 1 saturated heterocycles. The molecule has 1 aliphatic heterocycles. The van der Waals surface area contributed by atoms with Gasteiger partial charge in [-0.2, -0.15) is 0 Å². The van der Waals surface area contributed by atoms with Gasteiger partial charge in [0.25, 0.3) is 0 Å². The number of benzene rings is 1. The molecule has 1 aliphatic rings. The molecule has 0 saturated carbocycles. The van der Waals surface area contributed by atoms with E-state index in [1.807, 2.05) is 30.9 Å². The molecule has 3 nitrogen and oxygen atoms in total. The summed E-state index contributed by atoms with van der Waals surface area (Å²) >= 11 is 0. The van der Waals surface area contributed by atoms with E-state index in [1.165, 1.54) is 0 Å². The first kappa shape index (κ1) is 13.5. The number of rotatable bonds is 2. The lowest BCUT2D eigenvalue weighted by atomic mass is 10.0. The summed E-state index contributed by atoms with van der Waals surface area (Å²) in [6.07, 6.45) is 2.32. The van der Waals surface area contributed by atoms with E-state index in [0.29, 0.717) is 11.3 Å². The molecule has 0 aromatic heterocycles. The molecule has 0 aliphatic carbocycles. The number of ether oxygens (including phenoxy) is 1. The minimum Gasteiger partial charge on any atom is -0.496 e. The van der Waals surface area contributed by atoms with Crippen molar-refractivity contribution in [1.82, 2.24) is 4.90 Å². The topological polar surface area (TPSA) is 29.5 Å². The molecule has 0 amide bonds. The van der Waals surface area contributed by atoms with Crippen LogP contribution < -0.4 is 4.74 Å². The Morgan fingerprint density at radius 3 is 2.58 bits per heavy atom. The summed E-state index contributed by atoms with van der Waals surface area (Å²) in [5.74, 6) is 3.18. The lowest BCUT2D eigenvalue weighted by Gasteiger charge is -2.10. The quantitative estimate of drug-likeness (QED) is 0.602. The van der Waals surface area contributed by atoms with Gasteiger partial charge in [0.15, 0.2) is 0 Å². The van der Waals surface area contributed by atoms with Gasteiger partial charge in [-0.05, 0) is 43.9 Å². The van der Waals surface area contributed by atoms with Crippen molar-refractivity contribution in [2.45, 2.75) is 26.7 Å². The predicted molar refractivity (Wildman–Crippen MR) is 75.4 cm³/mol. The third-order valence-electron chi connectivity index (χ3n) is 3.32. The van der Waals surface area contributed by atoms with Crippen LogP contribution >= 0.6 is 0 Å². The molecule has 0 N–H and O–H groups in total. The molecule has 1 heterocycles. The summed E-state index contributed by atoms with van der Waals surface area (Å²) in [7, 11) is 1.58. The van der Waals surface area contributed by atoms with Crippen molar-refractivity contribution in [3.05, 3.63) is 28.8 Å². The summed E-state index contributed by atoms with van der Waals surface area (Å²) < 4.78 is 5.30. The Morgan fingerprint density at radius 2 is 1.95 bits per heavy atom. The van der Waals surface area contributed by atoms with Gasteiger partial charge >= 0.3 is 0 Å². The van der Waals surface area contributed by atoms with Crippen LogP contribution in [0.1, 0.15) is 34.3 Å². The van der Waals surface area contributed by atoms with E-state index in [0.717, 1.165) is 37.1 Å². The van der Waals surface area contributed by atoms with Crippen LogP contribution in [0.4, 0.5) is 0 Å². The molecule has 19 heavy (non-hydrogen) atoms. The van der Waals surface area contributed by atoms with Crippen LogP contribution in [0.5, 0.6) is 5.75 Å². The van der Waals surface area contributed by atoms with E-state index >= 15 is 0 Å². The minimum atomic E-state index is -0.166. The number of likely N-dealkylation sites (tertiary alicyclic amines) is 1. The second-order valence-corrected chi connectivity index (χ2v) is 4.92. The molecule has 0 bridgehead atoms. The van der Waals surface area contributed by atoms with E-state index < -0.39 is 0 Å². The summed E-state index contributed by atoms with van der Waals surface area (Å²) in [6.45, 7) is 5.83. The number of methoxy groups -OCH3 is 1. The van der Waals surface area contributed by atoms with Crippen molar-refractivity contribution in [3.63, 3.8) is 0 Å². The van der Waals surface area contributed by atoms with Gasteiger partial charge < -0.3 is 9.64 Å². The minimum absolute atomic E-state index is 0.166. The molecule has 100 valence electrons. The molecule has 0 atom stereocenters. The lowest BCUT2D eigenvalue weighted by Crippen LogP contribution is -2.12. The average Bonchev–Trinajstić information content (AvgIpc) is 2.88. The van der Waals surface area contributed by atoms with E-state index in [9.17, 15) is 4.79 Å². The second kappa shape index (κ2) is 5.79. The van der Waals surface area contributed by atoms with E-state index in [4.69, 9.17) is 4.74 Å². The van der Waals surface area contributed by atoms with Crippen molar-refractivity contribution in [2.24, 2.45) is 0 Å². The van der Waals surface area contributed by atoms with Gasteiger partial charge in [-0.1, -0.05) is 6.07 Å². The average molecular weight is 257 g/mol. The van der Waals surface area contributed by atoms with E-state index in [-0.39, 0.29) is 5.78 Å². The Kier molecular flexibility index (Phi) is 4.11. The van der Waals surface area contributed by atoms with Gasteiger partial charge in [0.2, 0.25) is 5.78 Å². The van der Waals surface area contributed by atoms with Crippen molar-refractivity contribution < 1.29 is 9.53 Å². The highest BCUT2D eigenvalue weighted by molar-refractivity contribution is 6.11. The molecule has 3 heteroatoms. The van der Waals surface area contributed by atoms with Crippen LogP contribution in [-0.4, -0.2) is 30.9 Å². The number of hydrogen-bond donors (Lipinski definition) is 0. The van der Waals surface area contributed by atoms with Crippen LogP contribution in [-0.2, 0) is 0 Å². The van der Waals surface area contributed by atoms with Crippen LogP contribution in [0, 0.1) is 25.8 Å². The number of nitrogens with zero attached hydrogens (tertiary/aromatic N) is 1. The van der Waals surface area contributed by atoms with Crippen LogP contribution in [0.25, 0.3) is 0 Å². The molecule has 1 aromatic carbocycles. The Hall–Kier alpha value is -1.95. The SMILES string of the molecule is COc1cc(C)cc(C)c1C(=O)C#CN1CCCC1. The highest BCUT2D eigenvalue weighted by Crippen LogP contribution is 2.24. The first-order valence-electron chi connectivity index (χ1n) is 6.58. The summed E-state index contributed by atoms with van der Waals surface area (Å²) in [6, 6.07) is 6.80. The molecule has 1 aromatic rings. The van der Waals surface area contributed by atoms with Gasteiger partial charge in [-0.25, -0.2) is 0 Å². The maximum absolute atomic E-state index is 12.2. The number of Topliss-reactive ketones (excluding diaryl/α,β-unsaturated/α-hetero) is 1. The zero-order chi connectivity index (χ0) is 13.8. The second-order valence-electron chi connectivity index (χ2n) is 4.92. The number of carbonyl (C=O) groups is 1. The van der Waals surface area contributed by atoms with Crippen LogP contribution in [0.3, 0.4) is 0 Å². The van der Waals surface area contributed by atoms with Gasteiger partial charge in [-0.15, -0.1) is 0 Å². The number of carbonyl (C=O) groups excluding carboxylic acids is 1. The van der Waals surface area contributed by atoms with Gasteiger partial charge in [0.1, 0.15) is 5.75 Å². The van der Waals surface area contributed by atoms with E-state index in [2.05, 4.69) is 12.0 Å². The zero-order valence-electron chi connectivity index (χ0n) is 11.7. The molecule has 0 radical (unpaired) electrons. The fourth-order valence-electron chi connectivity index (χ4n) is 2.40. The summed E-state index contributed by atoms with van der Waals surface area (Å²) in [4.78, 5) is 14.2. The number of aryl methyl sites for hydroxylation is 2.